The summed E-state index contributed by atoms with van der Waals surface area (Å²) in [5, 5.41) is 5.22. The third-order valence-electron chi connectivity index (χ3n) is 8.18. The Kier molecular flexibility index (Phi) is 3.53. The van der Waals surface area contributed by atoms with E-state index in [4.69, 9.17) is 18.1 Å². The molecule has 0 aliphatic carbocycles. The SMILES string of the molecule is [2H]c1cc2c(-c3cccc(-c4cc5c(oc6c([2H])c([2H])c([2H])c([2H])c65)c([2H])c4[2H])c3)c3cc([2H])c([2H])cc3c(-c3cccc4ccccc34)c2cc1[2H]. The van der Waals surface area contributed by atoms with Crippen molar-refractivity contribution in [3.05, 3.63) is 157 Å². The molecule has 1 nitrogen and oxygen atoms in total. The van der Waals surface area contributed by atoms with Gasteiger partial charge in [0.2, 0.25) is 0 Å². The minimum absolute atomic E-state index is 0.00117. The Hall–Kier alpha value is -5.66. The molecule has 1 heterocycles. The van der Waals surface area contributed by atoms with Crippen molar-refractivity contribution >= 4 is 54.3 Å². The van der Waals surface area contributed by atoms with Crippen molar-refractivity contribution in [3.63, 3.8) is 0 Å². The highest BCUT2D eigenvalue weighted by molar-refractivity contribution is 6.23. The average Bonchev–Trinajstić information content (AvgIpc) is 3.55. The number of benzene rings is 8. The summed E-state index contributed by atoms with van der Waals surface area (Å²) in [6, 6.07) is 27.9. The molecule has 1 heteroatoms. The Morgan fingerprint density at radius 3 is 1.86 bits per heavy atom. The molecule has 0 atom stereocenters. The molecule has 0 unspecified atom stereocenters. The van der Waals surface area contributed by atoms with Gasteiger partial charge in [-0.3, -0.25) is 0 Å². The molecule has 200 valence electrons. The second kappa shape index (κ2) is 9.44. The van der Waals surface area contributed by atoms with Crippen LogP contribution in [0.1, 0.15) is 13.7 Å². The third kappa shape index (κ3) is 3.72. The zero-order valence-corrected chi connectivity index (χ0v) is 22.6. The molecule has 0 aliphatic rings. The summed E-state index contributed by atoms with van der Waals surface area (Å²) in [5.41, 5.74) is 3.89. The van der Waals surface area contributed by atoms with E-state index in [2.05, 4.69) is 0 Å². The Balaban J connectivity index is 1.37. The van der Waals surface area contributed by atoms with E-state index in [0.717, 1.165) is 21.9 Å². The van der Waals surface area contributed by atoms with E-state index in [9.17, 15) is 0 Å². The molecule has 0 aliphatic heterocycles. The number of hydrogen-bond acceptors (Lipinski definition) is 1. The lowest BCUT2D eigenvalue weighted by molar-refractivity contribution is 0.669. The van der Waals surface area contributed by atoms with E-state index in [-0.39, 0.29) is 64.9 Å². The predicted molar refractivity (Wildman–Crippen MR) is 183 cm³/mol. The lowest BCUT2D eigenvalue weighted by Crippen LogP contribution is -1.92. The number of fused-ring (bicyclic) bond motifs is 6. The lowest BCUT2D eigenvalue weighted by atomic mass is 9.84. The van der Waals surface area contributed by atoms with E-state index >= 15 is 0 Å². The summed E-state index contributed by atoms with van der Waals surface area (Å²) in [6.45, 7) is 0. The van der Waals surface area contributed by atoms with Gasteiger partial charge < -0.3 is 4.42 Å². The molecule has 0 bridgehead atoms. The molecular weight excluding hydrogens is 520 g/mol. The molecule has 43 heavy (non-hydrogen) atoms. The summed E-state index contributed by atoms with van der Waals surface area (Å²) in [6.07, 6.45) is 0. The fourth-order valence-electron chi connectivity index (χ4n) is 6.30. The average molecular weight is 557 g/mol. The summed E-state index contributed by atoms with van der Waals surface area (Å²) in [4.78, 5) is 0. The van der Waals surface area contributed by atoms with Crippen LogP contribution in [0.4, 0.5) is 0 Å². The van der Waals surface area contributed by atoms with Crippen molar-refractivity contribution in [1.82, 2.24) is 0 Å². The molecule has 0 radical (unpaired) electrons. The smallest absolute Gasteiger partial charge is 0.135 e. The topological polar surface area (TPSA) is 13.1 Å². The Morgan fingerprint density at radius 1 is 0.395 bits per heavy atom. The Labute approximate surface area is 263 Å². The first kappa shape index (κ1) is 16.1. The number of rotatable bonds is 3. The van der Waals surface area contributed by atoms with Gasteiger partial charge in [0, 0.05) is 10.8 Å². The predicted octanol–water partition coefficient (Wildman–Crippen LogP) is 12.0. The van der Waals surface area contributed by atoms with Gasteiger partial charge in [-0.25, -0.2) is 0 Å². The first-order valence-corrected chi connectivity index (χ1v) is 13.9. The van der Waals surface area contributed by atoms with Crippen LogP contribution >= 0.6 is 0 Å². The van der Waals surface area contributed by atoms with Gasteiger partial charge in [0.1, 0.15) is 11.2 Å². The first-order chi connectivity index (χ1) is 25.4. The van der Waals surface area contributed by atoms with Gasteiger partial charge in [0.15, 0.2) is 0 Å². The summed E-state index contributed by atoms with van der Waals surface area (Å²) in [7, 11) is 0. The summed E-state index contributed by atoms with van der Waals surface area (Å²) >= 11 is 0. The fraction of sp³-hybridized carbons (Fsp3) is 0. The quantitative estimate of drug-likeness (QED) is 0.197. The van der Waals surface area contributed by atoms with Crippen LogP contribution in [0.5, 0.6) is 0 Å². The molecule has 0 N–H and O–H groups in total. The summed E-state index contributed by atoms with van der Waals surface area (Å²) < 4.78 is 91.8. The Morgan fingerprint density at radius 2 is 1.05 bits per heavy atom. The van der Waals surface area contributed by atoms with E-state index in [0.29, 0.717) is 49.2 Å². The van der Waals surface area contributed by atoms with Gasteiger partial charge >= 0.3 is 0 Å². The molecule has 8 aromatic carbocycles. The van der Waals surface area contributed by atoms with Crippen molar-refractivity contribution < 1.29 is 18.1 Å². The van der Waals surface area contributed by atoms with Gasteiger partial charge in [-0.15, -0.1) is 0 Å². The highest BCUT2D eigenvalue weighted by atomic mass is 16.3. The van der Waals surface area contributed by atoms with Crippen molar-refractivity contribution in [3.8, 4) is 33.4 Å². The van der Waals surface area contributed by atoms with Crippen LogP contribution in [0.15, 0.2) is 162 Å². The molecule has 0 saturated carbocycles. The van der Waals surface area contributed by atoms with Crippen molar-refractivity contribution in [2.75, 3.05) is 0 Å². The van der Waals surface area contributed by atoms with Crippen LogP contribution < -0.4 is 0 Å². The maximum atomic E-state index is 9.00. The number of para-hydroxylation sites is 1. The van der Waals surface area contributed by atoms with E-state index in [1.54, 1.807) is 36.4 Å². The Bertz CT molecular complexity index is 3000. The van der Waals surface area contributed by atoms with Gasteiger partial charge in [-0.05, 0) is 89.9 Å². The lowest BCUT2D eigenvalue weighted by Gasteiger charge is -2.19. The fourth-order valence-corrected chi connectivity index (χ4v) is 6.30. The van der Waals surface area contributed by atoms with Crippen molar-refractivity contribution in [2.45, 2.75) is 0 Å². The maximum absolute atomic E-state index is 9.00. The van der Waals surface area contributed by atoms with Crippen molar-refractivity contribution in [2.24, 2.45) is 0 Å². The zero-order valence-electron chi connectivity index (χ0n) is 32.6. The summed E-state index contributed by atoms with van der Waals surface area (Å²) in [5.74, 6) is 0. The number of hydrogen-bond donors (Lipinski definition) is 0. The normalized spacial score (nSPS) is 15.0. The van der Waals surface area contributed by atoms with Crippen molar-refractivity contribution in [1.29, 1.82) is 0 Å². The van der Waals surface area contributed by atoms with E-state index in [1.807, 2.05) is 60.7 Å². The molecule has 0 saturated heterocycles. The van der Waals surface area contributed by atoms with Gasteiger partial charge in [0.05, 0.1) is 13.7 Å². The van der Waals surface area contributed by atoms with Crippen LogP contribution in [0.25, 0.3) is 87.6 Å². The van der Waals surface area contributed by atoms with E-state index in [1.165, 1.54) is 0 Å². The van der Waals surface area contributed by atoms with Crippen LogP contribution in [-0.2, 0) is 0 Å². The van der Waals surface area contributed by atoms with Gasteiger partial charge in [-0.2, -0.15) is 0 Å². The molecule has 0 amide bonds. The standard InChI is InChI=1S/C42H26O/c1-2-15-31-27(11-1)12-10-21-33(31)42-36-19-5-3-17-34(36)41(35-18-4-6-20-37(35)42)30-14-9-13-28(25-30)29-23-24-40-38(26-29)32-16-7-8-22-39(32)43-40/h1-26H/i3D,4D,5D,6D,7D,8D,16D,22D,23D,24D. The minimum Gasteiger partial charge on any atom is -0.456 e. The second-order valence-electron chi connectivity index (χ2n) is 10.5. The zero-order chi connectivity index (χ0) is 37.0. The number of furan rings is 1. The van der Waals surface area contributed by atoms with Crippen LogP contribution in [0, 0.1) is 0 Å². The molecule has 0 fully saturated rings. The van der Waals surface area contributed by atoms with Gasteiger partial charge in [-0.1, -0.05) is 133 Å². The highest BCUT2D eigenvalue weighted by Gasteiger charge is 2.18. The second-order valence-corrected chi connectivity index (χ2v) is 10.5. The molecule has 9 aromatic rings. The molecular formula is C42H26O. The van der Waals surface area contributed by atoms with E-state index < -0.39 is 12.1 Å². The third-order valence-corrected chi connectivity index (χ3v) is 8.18. The first-order valence-electron chi connectivity index (χ1n) is 18.9. The van der Waals surface area contributed by atoms with Gasteiger partial charge in [0.25, 0.3) is 0 Å². The molecule has 1 aromatic heterocycles. The monoisotopic (exact) mass is 556 g/mol. The van der Waals surface area contributed by atoms with Crippen LogP contribution in [0.3, 0.4) is 0 Å². The maximum Gasteiger partial charge on any atom is 0.135 e. The largest absolute Gasteiger partial charge is 0.456 e. The van der Waals surface area contributed by atoms with Crippen LogP contribution in [0.2, 0.25) is 0 Å². The molecule has 0 spiro atoms. The molecule has 9 rings (SSSR count). The highest BCUT2D eigenvalue weighted by Crippen LogP contribution is 2.45. The minimum atomic E-state index is -0.445. The van der Waals surface area contributed by atoms with Crippen LogP contribution in [-0.4, -0.2) is 0 Å².